The summed E-state index contributed by atoms with van der Waals surface area (Å²) >= 11 is 0. The molecule has 0 amide bonds. The molecule has 30 heavy (non-hydrogen) atoms. The molecule has 0 spiro atoms. The van der Waals surface area contributed by atoms with Crippen LogP contribution in [-0.4, -0.2) is 5.97 Å². The highest BCUT2D eigenvalue weighted by atomic mass is 19.4. The average Bonchev–Trinajstić information content (AvgIpc) is 2.72. The maximum Gasteiger partial charge on any atom is 0.416 e. The number of ether oxygens (including phenoxy) is 1. The number of carbonyl (C=O) groups is 1. The van der Waals surface area contributed by atoms with Gasteiger partial charge in [-0.2, -0.15) is 18.4 Å². The van der Waals surface area contributed by atoms with Crippen LogP contribution in [0.25, 0.3) is 11.6 Å². The van der Waals surface area contributed by atoms with E-state index in [-0.39, 0.29) is 22.4 Å². The predicted molar refractivity (Wildman–Crippen MR) is 103 cm³/mol. The Labute approximate surface area is 169 Å². The molecule has 0 N–H and O–H groups in total. The van der Waals surface area contributed by atoms with Gasteiger partial charge in [-0.1, -0.05) is 30.3 Å². The number of esters is 1. The summed E-state index contributed by atoms with van der Waals surface area (Å²) < 4.78 is 57.0. The number of benzene rings is 3. The molecule has 0 saturated heterocycles. The topological polar surface area (TPSA) is 50.1 Å². The zero-order valence-electron chi connectivity index (χ0n) is 15.3. The van der Waals surface area contributed by atoms with E-state index in [1.165, 1.54) is 36.4 Å². The van der Waals surface area contributed by atoms with Gasteiger partial charge in [0, 0.05) is 5.56 Å². The van der Waals surface area contributed by atoms with Crippen LogP contribution in [0.3, 0.4) is 0 Å². The molecule has 0 aromatic heterocycles. The zero-order valence-corrected chi connectivity index (χ0v) is 15.3. The molecule has 7 heteroatoms. The highest BCUT2D eigenvalue weighted by Gasteiger charge is 2.30. The van der Waals surface area contributed by atoms with E-state index in [0.29, 0.717) is 5.56 Å². The summed E-state index contributed by atoms with van der Waals surface area (Å²) in [6.45, 7) is 0. The predicted octanol–water partition coefficient (Wildman–Crippen LogP) is 6.13. The minimum absolute atomic E-state index is 0.0481. The first-order chi connectivity index (χ1) is 14.3. The van der Waals surface area contributed by atoms with Gasteiger partial charge in [-0.15, -0.1) is 0 Å². The van der Waals surface area contributed by atoms with Crippen LogP contribution in [0.2, 0.25) is 0 Å². The first-order valence-corrected chi connectivity index (χ1v) is 8.64. The van der Waals surface area contributed by atoms with Crippen molar-refractivity contribution in [2.24, 2.45) is 0 Å². The second-order valence-corrected chi connectivity index (χ2v) is 6.19. The largest absolute Gasteiger partial charge is 0.423 e. The Balaban J connectivity index is 1.81. The molecule has 3 aromatic carbocycles. The number of nitrogens with zero attached hydrogens (tertiary/aromatic N) is 1. The van der Waals surface area contributed by atoms with Gasteiger partial charge in [0.25, 0.3) is 0 Å². The molecule has 0 heterocycles. The van der Waals surface area contributed by atoms with Crippen LogP contribution in [0.4, 0.5) is 17.6 Å². The van der Waals surface area contributed by atoms with Gasteiger partial charge in [-0.25, -0.2) is 9.18 Å². The summed E-state index contributed by atoms with van der Waals surface area (Å²) in [6.07, 6.45) is -3.06. The van der Waals surface area contributed by atoms with Crippen LogP contribution in [-0.2, 0) is 6.18 Å². The lowest BCUT2D eigenvalue weighted by molar-refractivity contribution is -0.137. The van der Waals surface area contributed by atoms with Gasteiger partial charge in [-0.05, 0) is 54.1 Å². The molecule has 0 atom stereocenters. The Kier molecular flexibility index (Phi) is 5.98. The van der Waals surface area contributed by atoms with Gasteiger partial charge in [0.2, 0.25) is 0 Å². The van der Waals surface area contributed by atoms with Gasteiger partial charge < -0.3 is 4.74 Å². The van der Waals surface area contributed by atoms with Crippen molar-refractivity contribution in [3.8, 4) is 11.8 Å². The van der Waals surface area contributed by atoms with Crippen LogP contribution >= 0.6 is 0 Å². The summed E-state index contributed by atoms with van der Waals surface area (Å²) in [6, 6.07) is 17.5. The number of alkyl halides is 3. The van der Waals surface area contributed by atoms with Crippen LogP contribution in [0.1, 0.15) is 27.0 Å². The Hall–Kier alpha value is -3.92. The van der Waals surface area contributed by atoms with Crippen molar-refractivity contribution in [3.63, 3.8) is 0 Å². The van der Waals surface area contributed by atoms with E-state index >= 15 is 0 Å². The Morgan fingerprint density at radius 2 is 1.67 bits per heavy atom. The van der Waals surface area contributed by atoms with Crippen molar-refractivity contribution in [3.05, 3.63) is 101 Å². The molecular weight excluding hydrogens is 398 g/mol. The molecule has 0 radical (unpaired) electrons. The number of nitriles is 1. The fourth-order valence-corrected chi connectivity index (χ4v) is 2.65. The van der Waals surface area contributed by atoms with Crippen molar-refractivity contribution >= 4 is 17.6 Å². The number of hydrogen-bond donors (Lipinski definition) is 0. The van der Waals surface area contributed by atoms with Gasteiger partial charge in [-0.3, -0.25) is 0 Å². The standard InChI is InChI=1S/C23H13F4NO2/c24-21-7-2-1-6-20(21)17(14-28)12-15-4-3-5-19(13-15)30-22(29)16-8-10-18(11-9-16)23(25,26)27/h1-13H/b17-12-. The fourth-order valence-electron chi connectivity index (χ4n) is 2.65. The Morgan fingerprint density at radius 3 is 2.30 bits per heavy atom. The number of allylic oxidation sites excluding steroid dienone is 1. The second kappa shape index (κ2) is 8.62. The highest BCUT2D eigenvalue weighted by Crippen LogP contribution is 2.29. The van der Waals surface area contributed by atoms with E-state index in [1.54, 1.807) is 18.2 Å². The summed E-state index contributed by atoms with van der Waals surface area (Å²) in [5.41, 5.74) is -0.227. The molecular formula is C23H13F4NO2. The average molecular weight is 411 g/mol. The van der Waals surface area contributed by atoms with Crippen LogP contribution < -0.4 is 4.74 Å². The van der Waals surface area contributed by atoms with E-state index in [0.717, 1.165) is 24.3 Å². The third-order valence-corrected chi connectivity index (χ3v) is 4.11. The summed E-state index contributed by atoms with van der Waals surface area (Å²) in [5.74, 6) is -1.26. The van der Waals surface area contributed by atoms with Crippen LogP contribution in [0.5, 0.6) is 5.75 Å². The number of halogens is 4. The minimum Gasteiger partial charge on any atom is -0.423 e. The van der Waals surface area contributed by atoms with E-state index in [9.17, 15) is 27.6 Å². The van der Waals surface area contributed by atoms with Crippen molar-refractivity contribution in [1.82, 2.24) is 0 Å². The molecule has 0 unspecified atom stereocenters. The summed E-state index contributed by atoms with van der Waals surface area (Å²) in [4.78, 5) is 12.2. The first kappa shape index (κ1) is 20.8. The summed E-state index contributed by atoms with van der Waals surface area (Å²) in [7, 11) is 0. The molecule has 0 bridgehead atoms. The lowest BCUT2D eigenvalue weighted by Crippen LogP contribution is -2.10. The van der Waals surface area contributed by atoms with Gasteiger partial charge in [0.1, 0.15) is 11.6 Å². The van der Waals surface area contributed by atoms with Crippen molar-refractivity contribution in [2.75, 3.05) is 0 Å². The molecule has 0 aliphatic carbocycles. The van der Waals surface area contributed by atoms with Crippen molar-refractivity contribution in [1.29, 1.82) is 5.26 Å². The first-order valence-electron chi connectivity index (χ1n) is 8.64. The number of rotatable bonds is 4. The van der Waals surface area contributed by atoms with Crippen molar-refractivity contribution in [2.45, 2.75) is 6.18 Å². The summed E-state index contributed by atoms with van der Waals surface area (Å²) in [5, 5.41) is 9.36. The van der Waals surface area contributed by atoms with Gasteiger partial charge in [0.15, 0.2) is 0 Å². The number of hydrogen-bond acceptors (Lipinski definition) is 3. The third kappa shape index (κ3) is 4.92. The Bertz CT molecular complexity index is 1140. The van der Waals surface area contributed by atoms with Crippen molar-refractivity contribution < 1.29 is 27.1 Å². The molecule has 3 nitrogen and oxygen atoms in total. The fraction of sp³-hybridized carbons (Fsp3) is 0.0435. The molecule has 150 valence electrons. The van der Waals surface area contributed by atoms with Crippen LogP contribution in [0, 0.1) is 17.1 Å². The molecule has 0 aliphatic rings. The monoisotopic (exact) mass is 411 g/mol. The normalized spacial score (nSPS) is 11.6. The van der Waals surface area contributed by atoms with E-state index in [1.807, 2.05) is 6.07 Å². The lowest BCUT2D eigenvalue weighted by Gasteiger charge is -2.08. The quantitative estimate of drug-likeness (QED) is 0.171. The smallest absolute Gasteiger partial charge is 0.416 e. The highest BCUT2D eigenvalue weighted by molar-refractivity contribution is 5.92. The van der Waals surface area contributed by atoms with Gasteiger partial charge >= 0.3 is 12.1 Å². The maximum absolute atomic E-state index is 13.9. The van der Waals surface area contributed by atoms with E-state index in [2.05, 4.69) is 0 Å². The van der Waals surface area contributed by atoms with E-state index < -0.39 is 23.5 Å². The number of carbonyl (C=O) groups excluding carboxylic acids is 1. The van der Waals surface area contributed by atoms with Gasteiger partial charge in [0.05, 0.1) is 22.8 Å². The van der Waals surface area contributed by atoms with Crippen LogP contribution in [0.15, 0.2) is 72.8 Å². The SMILES string of the molecule is N#C/C(=C/c1cccc(OC(=O)c2ccc(C(F)(F)F)cc2)c1)c1ccccc1F. The molecule has 0 aliphatic heterocycles. The Morgan fingerprint density at radius 1 is 0.967 bits per heavy atom. The second-order valence-electron chi connectivity index (χ2n) is 6.19. The maximum atomic E-state index is 13.9. The molecule has 3 aromatic rings. The minimum atomic E-state index is -4.50. The molecule has 0 fully saturated rings. The third-order valence-electron chi connectivity index (χ3n) is 4.11. The zero-order chi connectivity index (χ0) is 21.7. The molecule has 3 rings (SSSR count). The van der Waals surface area contributed by atoms with E-state index in [4.69, 9.17) is 4.74 Å². The molecule has 0 saturated carbocycles. The lowest BCUT2D eigenvalue weighted by atomic mass is 10.0.